The zero-order valence-electron chi connectivity index (χ0n) is 11.6. The maximum atomic E-state index is 14.2. The molecule has 0 aromatic heterocycles. The number of fused-ring (bicyclic) bond motifs is 2. The van der Waals surface area contributed by atoms with Crippen LogP contribution >= 0.6 is 11.6 Å². The van der Waals surface area contributed by atoms with Crippen molar-refractivity contribution in [2.45, 2.75) is 38.6 Å². The van der Waals surface area contributed by atoms with E-state index >= 15 is 0 Å². The van der Waals surface area contributed by atoms with Crippen LogP contribution in [0, 0.1) is 23.6 Å². The molecule has 0 aliphatic heterocycles. The molecule has 2 fully saturated rings. The van der Waals surface area contributed by atoms with Gasteiger partial charge in [-0.1, -0.05) is 18.0 Å². The minimum absolute atomic E-state index is 0.0538. The van der Waals surface area contributed by atoms with Crippen molar-refractivity contribution < 1.29 is 4.39 Å². The first-order valence-electron chi connectivity index (χ1n) is 7.26. The third-order valence-electron chi connectivity index (χ3n) is 5.07. The Bertz CT molecular complexity index is 534. The summed E-state index contributed by atoms with van der Waals surface area (Å²) in [6.07, 6.45) is 5.24. The number of nitrogen functional groups attached to an aromatic ring is 2. The second-order valence-corrected chi connectivity index (χ2v) is 6.71. The topological polar surface area (TPSA) is 64.1 Å². The highest BCUT2D eigenvalue weighted by Crippen LogP contribution is 2.50. The van der Waals surface area contributed by atoms with Gasteiger partial charge in [0.15, 0.2) is 5.82 Å². The van der Waals surface area contributed by atoms with Gasteiger partial charge in [-0.15, -0.1) is 0 Å². The Morgan fingerprint density at radius 3 is 2.65 bits per heavy atom. The van der Waals surface area contributed by atoms with Gasteiger partial charge in [0.25, 0.3) is 0 Å². The van der Waals surface area contributed by atoms with Gasteiger partial charge < -0.3 is 16.8 Å². The van der Waals surface area contributed by atoms with E-state index in [1.165, 1.54) is 31.7 Å². The van der Waals surface area contributed by atoms with Gasteiger partial charge >= 0.3 is 0 Å². The molecule has 2 aliphatic carbocycles. The summed E-state index contributed by atoms with van der Waals surface area (Å²) in [6, 6.07) is 1.71. The Morgan fingerprint density at radius 2 is 2.05 bits per heavy atom. The van der Waals surface area contributed by atoms with Crippen LogP contribution in [0.4, 0.5) is 21.5 Å². The molecule has 5 N–H and O–H groups in total. The van der Waals surface area contributed by atoms with E-state index in [1.54, 1.807) is 0 Å². The lowest BCUT2D eigenvalue weighted by Gasteiger charge is -2.30. The molecule has 0 saturated heterocycles. The fraction of sp³-hybridized carbons (Fsp3) is 0.600. The predicted octanol–water partition coefficient (Wildman–Crippen LogP) is 3.88. The molecule has 0 heterocycles. The van der Waals surface area contributed by atoms with Crippen LogP contribution in [0.1, 0.15) is 32.6 Å². The van der Waals surface area contributed by atoms with Crippen LogP contribution in [0.25, 0.3) is 0 Å². The Kier molecular flexibility index (Phi) is 3.44. The molecular weight excluding hydrogens is 277 g/mol. The first-order valence-corrected chi connectivity index (χ1v) is 7.64. The van der Waals surface area contributed by atoms with Gasteiger partial charge in [0.1, 0.15) is 5.02 Å². The average Bonchev–Trinajstić information content (AvgIpc) is 3.03. The molecular formula is C15H21ClFN3. The molecule has 0 amide bonds. The lowest BCUT2D eigenvalue weighted by atomic mass is 9.84. The molecule has 3 rings (SSSR count). The molecule has 1 aromatic rings. The first-order chi connectivity index (χ1) is 9.47. The van der Waals surface area contributed by atoms with Crippen molar-refractivity contribution in [3.05, 3.63) is 16.9 Å². The number of hydrogen-bond acceptors (Lipinski definition) is 3. The second kappa shape index (κ2) is 4.99. The van der Waals surface area contributed by atoms with E-state index in [4.69, 9.17) is 23.1 Å². The van der Waals surface area contributed by atoms with Gasteiger partial charge in [-0.25, -0.2) is 4.39 Å². The van der Waals surface area contributed by atoms with Gasteiger partial charge in [0.05, 0.1) is 17.1 Å². The number of anilines is 3. The molecule has 110 valence electrons. The van der Waals surface area contributed by atoms with E-state index in [-0.39, 0.29) is 16.8 Å². The Labute approximate surface area is 123 Å². The number of hydrogen-bond donors (Lipinski definition) is 3. The van der Waals surface area contributed by atoms with Gasteiger partial charge in [0.2, 0.25) is 0 Å². The summed E-state index contributed by atoms with van der Waals surface area (Å²) in [5.74, 6) is 1.70. The van der Waals surface area contributed by atoms with Crippen LogP contribution in [0.15, 0.2) is 6.07 Å². The van der Waals surface area contributed by atoms with E-state index in [0.29, 0.717) is 17.3 Å². The quantitative estimate of drug-likeness (QED) is 0.742. The fourth-order valence-electron chi connectivity index (χ4n) is 4.05. The summed E-state index contributed by atoms with van der Waals surface area (Å²) >= 11 is 5.87. The second-order valence-electron chi connectivity index (χ2n) is 6.33. The third kappa shape index (κ3) is 2.20. The predicted molar refractivity (Wildman–Crippen MR) is 82.3 cm³/mol. The van der Waals surface area contributed by atoms with Crippen LogP contribution in [-0.4, -0.2) is 6.04 Å². The van der Waals surface area contributed by atoms with E-state index in [0.717, 1.165) is 11.8 Å². The molecule has 2 bridgehead atoms. The highest BCUT2D eigenvalue weighted by Gasteiger charge is 2.42. The average molecular weight is 298 g/mol. The standard InChI is InChI=1S/C15H21ClFN3/c1-7(10-5-8-2-3-9(10)4-8)20-15-12(19)6-11(18)13(16)14(15)17/h6-10,20H,2-5,18-19H2,1H3. The normalized spacial score (nSPS) is 29.6. The Hall–Kier alpha value is -1.16. The maximum absolute atomic E-state index is 14.2. The smallest absolute Gasteiger partial charge is 0.169 e. The van der Waals surface area contributed by atoms with Crippen LogP contribution in [0.3, 0.4) is 0 Å². The monoisotopic (exact) mass is 297 g/mol. The minimum atomic E-state index is -0.542. The molecule has 4 unspecified atom stereocenters. The Balaban J connectivity index is 1.79. The number of halogens is 2. The highest BCUT2D eigenvalue weighted by atomic mass is 35.5. The molecule has 0 spiro atoms. The SMILES string of the molecule is CC(Nc1c(N)cc(N)c(Cl)c1F)C1CC2CCC1C2. The summed E-state index contributed by atoms with van der Waals surface area (Å²) in [6.45, 7) is 2.11. The van der Waals surface area contributed by atoms with Gasteiger partial charge in [-0.2, -0.15) is 0 Å². The van der Waals surface area contributed by atoms with Gasteiger partial charge in [-0.05, 0) is 50.0 Å². The molecule has 2 saturated carbocycles. The highest BCUT2D eigenvalue weighted by molar-refractivity contribution is 6.33. The third-order valence-corrected chi connectivity index (χ3v) is 5.46. The van der Waals surface area contributed by atoms with Crippen molar-refractivity contribution in [3.63, 3.8) is 0 Å². The summed E-state index contributed by atoms with van der Waals surface area (Å²) in [4.78, 5) is 0. The fourth-order valence-corrected chi connectivity index (χ4v) is 4.20. The van der Waals surface area contributed by atoms with Crippen molar-refractivity contribution in [2.75, 3.05) is 16.8 Å². The van der Waals surface area contributed by atoms with E-state index < -0.39 is 5.82 Å². The van der Waals surface area contributed by atoms with Crippen molar-refractivity contribution in [3.8, 4) is 0 Å². The summed E-state index contributed by atoms with van der Waals surface area (Å²) in [5, 5.41) is 3.18. The zero-order chi connectivity index (χ0) is 14.4. The van der Waals surface area contributed by atoms with Gasteiger partial charge in [0, 0.05) is 6.04 Å². The van der Waals surface area contributed by atoms with Crippen LogP contribution in [-0.2, 0) is 0 Å². The van der Waals surface area contributed by atoms with Crippen LogP contribution in [0.2, 0.25) is 5.02 Å². The summed E-state index contributed by atoms with van der Waals surface area (Å²) in [7, 11) is 0. The van der Waals surface area contributed by atoms with Crippen molar-refractivity contribution in [1.82, 2.24) is 0 Å². The van der Waals surface area contributed by atoms with E-state index in [1.807, 2.05) is 0 Å². The van der Waals surface area contributed by atoms with Crippen LogP contribution in [0.5, 0.6) is 0 Å². The largest absolute Gasteiger partial charge is 0.397 e. The minimum Gasteiger partial charge on any atom is -0.397 e. The number of rotatable bonds is 3. The van der Waals surface area contributed by atoms with Crippen molar-refractivity contribution in [1.29, 1.82) is 0 Å². The molecule has 3 nitrogen and oxygen atoms in total. The van der Waals surface area contributed by atoms with E-state index in [2.05, 4.69) is 12.2 Å². The van der Waals surface area contributed by atoms with E-state index in [9.17, 15) is 4.39 Å². The zero-order valence-corrected chi connectivity index (χ0v) is 12.4. The van der Waals surface area contributed by atoms with Crippen molar-refractivity contribution >= 4 is 28.7 Å². The molecule has 1 aromatic carbocycles. The number of nitrogens with two attached hydrogens (primary N) is 2. The number of benzene rings is 1. The molecule has 0 radical (unpaired) electrons. The lowest BCUT2D eigenvalue weighted by Crippen LogP contribution is -2.30. The molecule has 4 atom stereocenters. The van der Waals surface area contributed by atoms with Crippen LogP contribution < -0.4 is 16.8 Å². The summed E-state index contributed by atoms with van der Waals surface area (Å²) < 4.78 is 14.2. The maximum Gasteiger partial charge on any atom is 0.169 e. The molecule has 5 heteroatoms. The Morgan fingerprint density at radius 1 is 1.30 bits per heavy atom. The lowest BCUT2D eigenvalue weighted by molar-refractivity contribution is 0.304. The molecule has 20 heavy (non-hydrogen) atoms. The van der Waals surface area contributed by atoms with Gasteiger partial charge in [-0.3, -0.25) is 0 Å². The molecule has 2 aliphatic rings. The number of nitrogens with one attached hydrogen (secondary N) is 1. The first kappa shape index (κ1) is 13.8. The van der Waals surface area contributed by atoms with Crippen molar-refractivity contribution in [2.24, 2.45) is 17.8 Å². The summed E-state index contributed by atoms with van der Waals surface area (Å²) in [5.41, 5.74) is 12.3.